The zero-order valence-electron chi connectivity index (χ0n) is 11.0. The second kappa shape index (κ2) is 4.94. The molecular weight excluding hydrogens is 246 g/mol. The first-order valence-corrected chi connectivity index (χ1v) is 7.39. The first-order chi connectivity index (χ1) is 8.59. The third-order valence-electron chi connectivity index (χ3n) is 3.62. The second-order valence-electron chi connectivity index (χ2n) is 4.79. The minimum atomic E-state index is -0.508. The van der Waals surface area contributed by atoms with Gasteiger partial charge in [-0.3, -0.25) is 4.79 Å². The van der Waals surface area contributed by atoms with E-state index in [-0.39, 0.29) is 18.4 Å². The molecule has 1 aliphatic rings. The molecule has 1 atom stereocenters. The molecule has 1 unspecified atom stereocenters. The van der Waals surface area contributed by atoms with Crippen LogP contribution < -0.4 is 4.90 Å². The number of thioether (sulfide) groups is 1. The van der Waals surface area contributed by atoms with E-state index in [9.17, 15) is 4.79 Å². The summed E-state index contributed by atoms with van der Waals surface area (Å²) in [5.74, 6) is 0.310. The molecule has 0 fully saturated rings. The van der Waals surface area contributed by atoms with E-state index in [4.69, 9.17) is 5.11 Å². The summed E-state index contributed by atoms with van der Waals surface area (Å²) >= 11 is 1.60. The zero-order valence-corrected chi connectivity index (χ0v) is 11.8. The zero-order chi connectivity index (χ0) is 13.3. The van der Waals surface area contributed by atoms with Gasteiger partial charge in [-0.2, -0.15) is 0 Å². The number of hydrogen-bond acceptors (Lipinski definition) is 3. The standard InChI is InChI=1S/C14H19NO2S/c1-10(2)14(18-3)11-6-4-5-7-12(11)15(8-9-16)13(14)17/h4-7,10,16H,8-9H2,1-3H3. The van der Waals surface area contributed by atoms with Crippen molar-refractivity contribution in [1.29, 1.82) is 0 Å². The lowest BCUT2D eigenvalue weighted by Gasteiger charge is -2.30. The number of nitrogens with zero attached hydrogens (tertiary/aromatic N) is 1. The van der Waals surface area contributed by atoms with Crippen LogP contribution in [0.5, 0.6) is 0 Å². The Labute approximate surface area is 112 Å². The largest absolute Gasteiger partial charge is 0.395 e. The minimum absolute atomic E-state index is 0.0113. The molecule has 3 nitrogen and oxygen atoms in total. The molecule has 0 aromatic heterocycles. The summed E-state index contributed by atoms with van der Waals surface area (Å²) in [5, 5.41) is 9.15. The van der Waals surface area contributed by atoms with Gasteiger partial charge in [0, 0.05) is 17.8 Å². The Bertz CT molecular complexity index is 461. The fourth-order valence-electron chi connectivity index (χ4n) is 2.76. The van der Waals surface area contributed by atoms with Gasteiger partial charge in [0.05, 0.1) is 6.61 Å². The third-order valence-corrected chi connectivity index (χ3v) is 5.13. The van der Waals surface area contributed by atoms with Crippen molar-refractivity contribution >= 4 is 23.4 Å². The number of anilines is 1. The van der Waals surface area contributed by atoms with E-state index in [1.807, 2.05) is 30.5 Å². The van der Waals surface area contributed by atoms with Crippen LogP contribution >= 0.6 is 11.8 Å². The van der Waals surface area contributed by atoms with Gasteiger partial charge in [-0.05, 0) is 18.2 Å². The van der Waals surface area contributed by atoms with E-state index in [0.29, 0.717) is 6.54 Å². The van der Waals surface area contributed by atoms with E-state index in [2.05, 4.69) is 13.8 Å². The number of β-amino-alcohol motifs (C(OH)–C–C–N with tert-alkyl or cyclic N) is 1. The molecule has 1 aromatic rings. The second-order valence-corrected chi connectivity index (χ2v) is 5.84. The Morgan fingerprint density at radius 1 is 1.39 bits per heavy atom. The van der Waals surface area contributed by atoms with Crippen LogP contribution in [0.4, 0.5) is 5.69 Å². The summed E-state index contributed by atoms with van der Waals surface area (Å²) in [6.07, 6.45) is 1.98. The van der Waals surface area contributed by atoms with E-state index in [1.165, 1.54) is 0 Å². The van der Waals surface area contributed by atoms with Crippen molar-refractivity contribution in [3.05, 3.63) is 29.8 Å². The Morgan fingerprint density at radius 2 is 2.06 bits per heavy atom. The smallest absolute Gasteiger partial charge is 0.248 e. The predicted octanol–water partition coefficient (Wildman–Crippen LogP) is 2.24. The van der Waals surface area contributed by atoms with Crippen LogP contribution in [-0.4, -0.2) is 30.4 Å². The molecule has 0 bridgehead atoms. The molecule has 0 spiro atoms. The van der Waals surface area contributed by atoms with Gasteiger partial charge < -0.3 is 10.0 Å². The lowest BCUT2D eigenvalue weighted by atomic mass is 9.88. The van der Waals surface area contributed by atoms with Crippen molar-refractivity contribution in [3.8, 4) is 0 Å². The Morgan fingerprint density at radius 3 is 2.61 bits per heavy atom. The third kappa shape index (κ3) is 1.67. The maximum Gasteiger partial charge on any atom is 0.248 e. The quantitative estimate of drug-likeness (QED) is 0.907. The van der Waals surface area contributed by atoms with E-state index < -0.39 is 4.75 Å². The highest BCUT2D eigenvalue weighted by molar-refractivity contribution is 8.00. The number of benzene rings is 1. The Hall–Kier alpha value is -1.00. The van der Waals surface area contributed by atoms with Crippen molar-refractivity contribution in [3.63, 3.8) is 0 Å². The summed E-state index contributed by atoms with van der Waals surface area (Å²) in [6.45, 7) is 4.51. The SMILES string of the molecule is CSC1(C(C)C)C(=O)N(CCO)c2ccccc21. The number of aliphatic hydroxyl groups is 1. The predicted molar refractivity (Wildman–Crippen MR) is 75.9 cm³/mol. The van der Waals surface area contributed by atoms with Gasteiger partial charge in [0.1, 0.15) is 4.75 Å². The van der Waals surface area contributed by atoms with Crippen molar-refractivity contribution < 1.29 is 9.90 Å². The summed E-state index contributed by atoms with van der Waals surface area (Å²) < 4.78 is -0.508. The topological polar surface area (TPSA) is 40.5 Å². The van der Waals surface area contributed by atoms with Crippen molar-refractivity contribution in [2.24, 2.45) is 5.92 Å². The number of fused-ring (bicyclic) bond motifs is 1. The van der Waals surface area contributed by atoms with Gasteiger partial charge in [-0.25, -0.2) is 0 Å². The molecule has 1 N–H and O–H groups in total. The molecule has 0 saturated carbocycles. The number of amides is 1. The normalized spacial score (nSPS) is 22.7. The molecule has 2 rings (SSSR count). The molecule has 0 radical (unpaired) electrons. The van der Waals surface area contributed by atoms with Gasteiger partial charge in [-0.15, -0.1) is 11.8 Å². The molecule has 0 saturated heterocycles. The van der Waals surface area contributed by atoms with Crippen LogP contribution in [0.3, 0.4) is 0 Å². The summed E-state index contributed by atoms with van der Waals surface area (Å²) in [7, 11) is 0. The first-order valence-electron chi connectivity index (χ1n) is 6.17. The van der Waals surface area contributed by atoms with Gasteiger partial charge in [0.25, 0.3) is 0 Å². The summed E-state index contributed by atoms with van der Waals surface area (Å²) in [5.41, 5.74) is 2.02. The van der Waals surface area contributed by atoms with E-state index in [1.54, 1.807) is 16.7 Å². The average Bonchev–Trinajstić information content (AvgIpc) is 2.61. The molecule has 98 valence electrons. The maximum absolute atomic E-state index is 12.7. The molecule has 0 aliphatic carbocycles. The number of carbonyl (C=O) groups is 1. The molecule has 4 heteroatoms. The van der Waals surface area contributed by atoms with E-state index >= 15 is 0 Å². The number of hydrogen-bond donors (Lipinski definition) is 1. The summed E-state index contributed by atoms with van der Waals surface area (Å²) in [4.78, 5) is 14.5. The number of carbonyl (C=O) groups excluding carboxylic acids is 1. The number of aliphatic hydroxyl groups excluding tert-OH is 1. The van der Waals surface area contributed by atoms with Crippen LogP contribution in [0, 0.1) is 5.92 Å². The monoisotopic (exact) mass is 265 g/mol. The average molecular weight is 265 g/mol. The Balaban J connectivity index is 2.60. The van der Waals surface area contributed by atoms with Crippen molar-refractivity contribution in [1.82, 2.24) is 0 Å². The Kier molecular flexibility index (Phi) is 3.69. The highest BCUT2D eigenvalue weighted by atomic mass is 32.2. The molecule has 1 aliphatic heterocycles. The number of para-hydroxylation sites is 1. The van der Waals surface area contributed by atoms with Gasteiger partial charge in [0.15, 0.2) is 0 Å². The lowest BCUT2D eigenvalue weighted by molar-refractivity contribution is -0.121. The fourth-order valence-corrected chi connectivity index (χ4v) is 3.91. The van der Waals surface area contributed by atoms with Crippen LogP contribution in [0.1, 0.15) is 19.4 Å². The minimum Gasteiger partial charge on any atom is -0.395 e. The van der Waals surface area contributed by atoms with Crippen LogP contribution in [0.25, 0.3) is 0 Å². The number of rotatable bonds is 4. The molecule has 1 amide bonds. The summed E-state index contributed by atoms with van der Waals surface area (Å²) in [6, 6.07) is 7.90. The van der Waals surface area contributed by atoms with Crippen molar-refractivity contribution in [2.45, 2.75) is 18.6 Å². The van der Waals surface area contributed by atoms with Gasteiger partial charge in [0.2, 0.25) is 5.91 Å². The maximum atomic E-state index is 12.7. The molecule has 1 heterocycles. The van der Waals surface area contributed by atoms with E-state index in [0.717, 1.165) is 11.3 Å². The van der Waals surface area contributed by atoms with Gasteiger partial charge in [-0.1, -0.05) is 32.0 Å². The highest BCUT2D eigenvalue weighted by Gasteiger charge is 2.52. The fraction of sp³-hybridized carbons (Fsp3) is 0.500. The van der Waals surface area contributed by atoms with Crippen molar-refractivity contribution in [2.75, 3.05) is 24.3 Å². The first kappa shape index (κ1) is 13.4. The van der Waals surface area contributed by atoms with Crippen LogP contribution in [0.2, 0.25) is 0 Å². The lowest BCUT2D eigenvalue weighted by Crippen LogP contribution is -2.42. The van der Waals surface area contributed by atoms with Crippen LogP contribution in [0.15, 0.2) is 24.3 Å². The molecule has 18 heavy (non-hydrogen) atoms. The molecule has 1 aromatic carbocycles. The molecular formula is C14H19NO2S. The van der Waals surface area contributed by atoms with Crippen LogP contribution in [-0.2, 0) is 9.54 Å². The highest BCUT2D eigenvalue weighted by Crippen LogP contribution is 2.52. The van der Waals surface area contributed by atoms with Gasteiger partial charge >= 0.3 is 0 Å².